The van der Waals surface area contributed by atoms with E-state index in [1.165, 1.54) is 64.8 Å². The number of hydrogen-bond acceptors (Lipinski definition) is 7. The molecule has 326 valence electrons. The van der Waals surface area contributed by atoms with Crippen molar-refractivity contribution in [1.82, 2.24) is 20.6 Å². The zero-order chi connectivity index (χ0) is 43.5. The van der Waals surface area contributed by atoms with Gasteiger partial charge in [-0.25, -0.2) is 22.5 Å². The first kappa shape index (κ1) is 45.6. The summed E-state index contributed by atoms with van der Waals surface area (Å²) in [5, 5.41) is 28.7. The van der Waals surface area contributed by atoms with Crippen LogP contribution in [0.3, 0.4) is 0 Å². The maximum Gasteiger partial charge on any atom is 0.311 e. The molecule has 6 atom stereocenters. The average Bonchev–Trinajstić information content (AvgIpc) is 3.79. The van der Waals surface area contributed by atoms with E-state index in [1.54, 1.807) is 12.4 Å². The molecule has 6 unspecified atom stereocenters. The second kappa shape index (κ2) is 21.8. The highest BCUT2D eigenvalue weighted by atomic mass is 19.1. The lowest BCUT2D eigenvalue weighted by atomic mass is 9.85. The third-order valence-electron chi connectivity index (χ3n) is 12.1. The van der Waals surface area contributed by atoms with Crippen LogP contribution in [0.15, 0.2) is 85.2 Å². The largest absolute Gasteiger partial charge is 0.469 e. The summed E-state index contributed by atoms with van der Waals surface area (Å²) in [7, 11) is 1.24. The second-order valence-electron chi connectivity index (χ2n) is 16.3. The number of rotatable bonds is 16. The minimum Gasteiger partial charge on any atom is -0.469 e. The summed E-state index contributed by atoms with van der Waals surface area (Å²) >= 11 is 0. The summed E-state index contributed by atoms with van der Waals surface area (Å²) in [6, 6.07) is 20.1. The Kier molecular flexibility index (Phi) is 16.3. The molecular weight excluding hydrogens is 785 g/mol. The minimum absolute atomic E-state index is 0.00850. The fourth-order valence-corrected chi connectivity index (χ4v) is 8.76. The SMILES string of the molecule is CCc1ccc2c(c1)C(NCC(O)C(Cc1cc(F)cc(F)c1)C(=O)OC)CCC2.CCc1ccc2c(c1)C(NCC(O)C(Cc1cc(F)cc(F)c1)c1ncc[nH]1)CCC2. The van der Waals surface area contributed by atoms with Crippen molar-refractivity contribution in [2.24, 2.45) is 5.92 Å². The summed E-state index contributed by atoms with van der Waals surface area (Å²) in [6.07, 6.45) is 9.97. The van der Waals surface area contributed by atoms with E-state index in [0.717, 1.165) is 63.5 Å². The van der Waals surface area contributed by atoms with Crippen molar-refractivity contribution in [3.63, 3.8) is 0 Å². The quantitative estimate of drug-likeness (QED) is 0.0500. The molecule has 7 rings (SSSR count). The number of aromatic nitrogens is 2. The number of nitrogens with zero attached hydrogens (tertiary/aromatic N) is 1. The van der Waals surface area contributed by atoms with E-state index in [4.69, 9.17) is 4.74 Å². The van der Waals surface area contributed by atoms with Crippen LogP contribution in [0.4, 0.5) is 17.6 Å². The van der Waals surface area contributed by atoms with Crippen LogP contribution in [0, 0.1) is 29.2 Å². The van der Waals surface area contributed by atoms with Gasteiger partial charge in [0.2, 0.25) is 0 Å². The van der Waals surface area contributed by atoms with Crippen LogP contribution >= 0.6 is 0 Å². The molecule has 4 aromatic carbocycles. The van der Waals surface area contributed by atoms with E-state index in [0.29, 0.717) is 23.5 Å². The maximum absolute atomic E-state index is 13.7. The summed E-state index contributed by atoms with van der Waals surface area (Å²) in [6.45, 7) is 4.81. The number of methoxy groups -OCH3 is 1. The smallest absolute Gasteiger partial charge is 0.311 e. The third kappa shape index (κ3) is 12.4. The fraction of sp³-hybridized carbons (Fsp3) is 0.429. The number of fused-ring (bicyclic) bond motifs is 2. The number of esters is 1. The summed E-state index contributed by atoms with van der Waals surface area (Å²) in [5.41, 5.74) is 8.62. The molecule has 8 nitrogen and oxygen atoms in total. The molecule has 0 fully saturated rings. The number of nitrogens with one attached hydrogen (secondary N) is 3. The molecule has 0 saturated heterocycles. The van der Waals surface area contributed by atoms with E-state index in [2.05, 4.69) is 70.8 Å². The number of aryl methyl sites for hydroxylation is 4. The lowest BCUT2D eigenvalue weighted by Crippen LogP contribution is -2.40. The molecule has 0 spiro atoms. The molecule has 1 aromatic heterocycles. The maximum atomic E-state index is 13.7. The lowest BCUT2D eigenvalue weighted by Gasteiger charge is -2.29. The number of imidazole rings is 1. The standard InChI is InChI=1S/C25H29F2N3O.C24H29F2NO3/c1-2-16-6-7-18-4-3-5-23(21(18)12-16)30-15-24(31)22(25-28-8-9-29-25)13-17-10-19(26)14-20(27)11-17;1-3-15-7-8-17-5-4-6-22(20(17)11-15)27-14-23(28)21(24(29)30-2)12-16-9-18(25)13-19(26)10-16/h6-12,14,22-24,30-31H,2-5,13,15H2,1H3,(H,28,29);7-11,13,21-23,27-28H,3-6,12,14H2,1-2H3. The molecule has 0 bridgehead atoms. The van der Waals surface area contributed by atoms with Gasteiger partial charge in [0.25, 0.3) is 0 Å². The molecule has 12 heteroatoms. The highest BCUT2D eigenvalue weighted by molar-refractivity contribution is 5.73. The molecule has 5 aromatic rings. The molecule has 0 aliphatic heterocycles. The Labute approximate surface area is 356 Å². The van der Waals surface area contributed by atoms with Gasteiger partial charge >= 0.3 is 5.97 Å². The summed E-state index contributed by atoms with van der Waals surface area (Å²) in [5.74, 6) is -4.00. The number of H-pyrrole nitrogens is 1. The van der Waals surface area contributed by atoms with Gasteiger partial charge in [-0.05, 0) is 133 Å². The Hall–Kier alpha value is -4.88. The molecule has 0 amide bonds. The monoisotopic (exact) mass is 842 g/mol. The first-order chi connectivity index (χ1) is 29.4. The predicted octanol–water partition coefficient (Wildman–Crippen LogP) is 8.49. The van der Waals surface area contributed by atoms with Gasteiger partial charge in [-0.3, -0.25) is 4.79 Å². The number of ether oxygens (including phenoxy) is 1. The van der Waals surface area contributed by atoms with Crippen LogP contribution in [0.1, 0.15) is 108 Å². The van der Waals surface area contributed by atoms with Gasteiger partial charge < -0.3 is 30.6 Å². The average molecular weight is 843 g/mol. The molecule has 61 heavy (non-hydrogen) atoms. The number of carbonyl (C=O) groups excluding carboxylic acids is 1. The number of carbonyl (C=O) groups is 1. The highest BCUT2D eigenvalue weighted by Gasteiger charge is 2.31. The highest BCUT2D eigenvalue weighted by Crippen LogP contribution is 2.33. The van der Waals surface area contributed by atoms with Crippen molar-refractivity contribution in [2.45, 2.75) is 108 Å². The lowest BCUT2D eigenvalue weighted by molar-refractivity contribution is -0.149. The van der Waals surface area contributed by atoms with Crippen molar-refractivity contribution in [3.05, 3.63) is 159 Å². The Bertz CT molecular complexity index is 2160. The molecule has 2 aliphatic rings. The first-order valence-corrected chi connectivity index (χ1v) is 21.5. The van der Waals surface area contributed by atoms with Crippen LogP contribution in [-0.2, 0) is 48.1 Å². The number of hydrogen-bond donors (Lipinski definition) is 5. The third-order valence-corrected chi connectivity index (χ3v) is 12.1. The van der Waals surface area contributed by atoms with Gasteiger partial charge in [0.1, 0.15) is 29.1 Å². The Morgan fingerprint density at radius 2 is 1.21 bits per heavy atom. The predicted molar refractivity (Wildman–Crippen MR) is 228 cm³/mol. The van der Waals surface area contributed by atoms with E-state index in [-0.39, 0.29) is 31.5 Å². The topological polar surface area (TPSA) is 120 Å². The van der Waals surface area contributed by atoms with Gasteiger partial charge in [0.15, 0.2) is 0 Å². The van der Waals surface area contributed by atoms with Crippen LogP contribution in [-0.4, -0.2) is 58.6 Å². The van der Waals surface area contributed by atoms with Gasteiger partial charge in [0, 0.05) is 55.6 Å². The Balaban J connectivity index is 0.000000204. The Morgan fingerprint density at radius 1 is 0.721 bits per heavy atom. The van der Waals surface area contributed by atoms with Gasteiger partial charge in [-0.1, -0.05) is 50.2 Å². The molecule has 2 aliphatic carbocycles. The van der Waals surface area contributed by atoms with Gasteiger partial charge in [0.05, 0.1) is 25.2 Å². The van der Waals surface area contributed by atoms with Crippen LogP contribution in [0.5, 0.6) is 0 Å². The van der Waals surface area contributed by atoms with Crippen LogP contribution < -0.4 is 10.6 Å². The van der Waals surface area contributed by atoms with Gasteiger partial charge in [-0.15, -0.1) is 0 Å². The minimum atomic E-state index is -1.05. The van der Waals surface area contributed by atoms with E-state index in [9.17, 15) is 32.6 Å². The molecule has 0 saturated carbocycles. The van der Waals surface area contributed by atoms with E-state index < -0.39 is 53.3 Å². The van der Waals surface area contributed by atoms with E-state index in [1.807, 2.05) is 0 Å². The van der Waals surface area contributed by atoms with Crippen molar-refractivity contribution in [2.75, 3.05) is 20.2 Å². The van der Waals surface area contributed by atoms with Crippen LogP contribution in [0.2, 0.25) is 0 Å². The van der Waals surface area contributed by atoms with Crippen molar-refractivity contribution < 1.29 is 37.3 Å². The number of halogens is 4. The zero-order valence-electron chi connectivity index (χ0n) is 35.2. The number of aliphatic hydroxyl groups excluding tert-OH is 2. The van der Waals surface area contributed by atoms with Crippen molar-refractivity contribution in [3.8, 4) is 0 Å². The second-order valence-corrected chi connectivity index (χ2v) is 16.3. The van der Waals surface area contributed by atoms with Gasteiger partial charge in [-0.2, -0.15) is 0 Å². The molecule has 0 radical (unpaired) electrons. The zero-order valence-corrected chi connectivity index (χ0v) is 35.2. The molecule has 1 heterocycles. The fourth-order valence-electron chi connectivity index (χ4n) is 8.76. The van der Waals surface area contributed by atoms with Crippen LogP contribution in [0.25, 0.3) is 0 Å². The molecular formula is C49H58F4N4O4. The normalized spacial score (nSPS) is 17.9. The Morgan fingerprint density at radius 3 is 1.67 bits per heavy atom. The molecule has 5 N–H and O–H groups in total. The number of aromatic amines is 1. The summed E-state index contributed by atoms with van der Waals surface area (Å²) < 4.78 is 59.2. The summed E-state index contributed by atoms with van der Waals surface area (Å²) in [4.78, 5) is 19.6. The van der Waals surface area contributed by atoms with Crippen molar-refractivity contribution >= 4 is 5.97 Å². The number of aliphatic hydroxyl groups is 2. The first-order valence-electron chi connectivity index (χ1n) is 21.5. The van der Waals surface area contributed by atoms with E-state index >= 15 is 0 Å². The number of benzene rings is 4. The van der Waals surface area contributed by atoms with Crippen molar-refractivity contribution in [1.29, 1.82) is 0 Å².